The van der Waals surface area contributed by atoms with Crippen molar-refractivity contribution in [2.75, 3.05) is 0 Å². The Hall–Kier alpha value is -1.24. The smallest absolute Gasteiger partial charge is 0.211 e. The molecule has 0 radical (unpaired) electrons. The Balaban J connectivity index is 3.63. The summed E-state index contributed by atoms with van der Waals surface area (Å²) in [4.78, 5) is 27.5. The second-order valence-electron chi connectivity index (χ2n) is 5.10. The van der Waals surface area contributed by atoms with Gasteiger partial charge in [-0.25, -0.2) is 9.59 Å². The molecule has 0 aromatic rings. The molecule has 4 nitrogen and oxygen atoms in total. The van der Waals surface area contributed by atoms with Crippen LogP contribution in [0.3, 0.4) is 0 Å². The standard InChI is InChI=1S/C15H26N2O2/c1-3-4-5-6-7-8-9-10-11-14(2)15(16-12-18)17-13-19/h14-15H,3-11H2,1-2H3. The molecule has 0 fully saturated rings. The van der Waals surface area contributed by atoms with Crippen molar-refractivity contribution in [2.24, 2.45) is 15.9 Å². The van der Waals surface area contributed by atoms with Gasteiger partial charge in [-0.05, 0) is 6.42 Å². The van der Waals surface area contributed by atoms with Gasteiger partial charge in [0.15, 0.2) is 6.17 Å². The van der Waals surface area contributed by atoms with Gasteiger partial charge in [-0.3, -0.25) is 0 Å². The van der Waals surface area contributed by atoms with Crippen molar-refractivity contribution in [3.8, 4) is 0 Å². The van der Waals surface area contributed by atoms with Gasteiger partial charge < -0.3 is 0 Å². The molecule has 0 aliphatic heterocycles. The lowest BCUT2D eigenvalue weighted by atomic mass is 9.99. The van der Waals surface area contributed by atoms with Gasteiger partial charge >= 0.3 is 0 Å². The minimum absolute atomic E-state index is 0.1000. The van der Waals surface area contributed by atoms with E-state index in [1.54, 1.807) is 0 Å². The first-order valence-corrected chi connectivity index (χ1v) is 7.40. The highest BCUT2D eigenvalue weighted by molar-refractivity contribution is 5.37. The van der Waals surface area contributed by atoms with E-state index in [-0.39, 0.29) is 5.92 Å². The van der Waals surface area contributed by atoms with E-state index in [2.05, 4.69) is 16.9 Å². The van der Waals surface area contributed by atoms with Crippen LogP contribution in [0, 0.1) is 5.92 Å². The highest BCUT2D eigenvalue weighted by Crippen LogP contribution is 2.17. The Bertz CT molecular complexity index is 287. The molecule has 0 amide bonds. The third-order valence-corrected chi connectivity index (χ3v) is 3.39. The van der Waals surface area contributed by atoms with E-state index in [0.717, 1.165) is 12.8 Å². The molecule has 0 aliphatic rings. The topological polar surface area (TPSA) is 58.9 Å². The minimum atomic E-state index is -0.598. The van der Waals surface area contributed by atoms with Crippen LogP contribution in [0.4, 0.5) is 0 Å². The van der Waals surface area contributed by atoms with E-state index < -0.39 is 6.17 Å². The zero-order valence-corrected chi connectivity index (χ0v) is 12.2. The SMILES string of the molecule is CCCCCCCCCCC(C)C(N=C=O)N=C=O. The maximum absolute atomic E-state index is 10.2. The summed E-state index contributed by atoms with van der Waals surface area (Å²) >= 11 is 0. The summed E-state index contributed by atoms with van der Waals surface area (Å²) in [6.45, 7) is 4.18. The van der Waals surface area contributed by atoms with E-state index in [4.69, 9.17) is 0 Å². The molecule has 0 heterocycles. The molecule has 0 saturated heterocycles. The molecule has 1 atom stereocenters. The zero-order valence-electron chi connectivity index (χ0n) is 12.2. The normalized spacial score (nSPS) is 13.2. The lowest BCUT2D eigenvalue weighted by Gasteiger charge is -2.13. The molecular formula is C15H26N2O2. The van der Waals surface area contributed by atoms with Crippen molar-refractivity contribution in [1.29, 1.82) is 0 Å². The van der Waals surface area contributed by atoms with E-state index in [9.17, 15) is 9.59 Å². The van der Waals surface area contributed by atoms with Crippen LogP contribution in [-0.4, -0.2) is 18.3 Å². The fourth-order valence-electron chi connectivity index (χ4n) is 2.14. The molecule has 0 saturated carbocycles. The zero-order chi connectivity index (χ0) is 14.3. The summed E-state index contributed by atoms with van der Waals surface area (Å²) < 4.78 is 0. The largest absolute Gasteiger partial charge is 0.237 e. The minimum Gasteiger partial charge on any atom is -0.211 e. The van der Waals surface area contributed by atoms with Crippen LogP contribution in [0.5, 0.6) is 0 Å². The predicted octanol–water partition coefficient (Wildman–Crippen LogP) is 4.15. The number of unbranched alkanes of at least 4 members (excludes halogenated alkanes) is 7. The fourth-order valence-corrected chi connectivity index (χ4v) is 2.14. The number of aliphatic imine (C=N–C) groups is 2. The first kappa shape index (κ1) is 17.8. The second-order valence-corrected chi connectivity index (χ2v) is 5.10. The van der Waals surface area contributed by atoms with Gasteiger partial charge in [0.05, 0.1) is 0 Å². The molecule has 0 bridgehead atoms. The number of isocyanates is 2. The highest BCUT2D eigenvalue weighted by atomic mass is 16.1. The summed E-state index contributed by atoms with van der Waals surface area (Å²) in [6.07, 6.45) is 13.4. The summed E-state index contributed by atoms with van der Waals surface area (Å²) in [5.41, 5.74) is 0. The van der Waals surface area contributed by atoms with Crippen LogP contribution in [0.15, 0.2) is 9.98 Å². The van der Waals surface area contributed by atoms with Gasteiger partial charge in [0, 0.05) is 5.92 Å². The van der Waals surface area contributed by atoms with Gasteiger partial charge in [-0.1, -0.05) is 65.2 Å². The number of rotatable bonds is 12. The Labute approximate surface area is 116 Å². The average Bonchev–Trinajstić information content (AvgIpc) is 2.41. The summed E-state index contributed by atoms with van der Waals surface area (Å²) in [5.74, 6) is 0.1000. The summed E-state index contributed by atoms with van der Waals surface area (Å²) in [6, 6.07) is 0. The molecule has 0 aromatic heterocycles. The van der Waals surface area contributed by atoms with E-state index in [1.165, 1.54) is 57.1 Å². The van der Waals surface area contributed by atoms with Crippen LogP contribution in [0.2, 0.25) is 0 Å². The summed E-state index contributed by atoms with van der Waals surface area (Å²) in [5, 5.41) is 0. The van der Waals surface area contributed by atoms with Crippen LogP contribution in [-0.2, 0) is 9.59 Å². The van der Waals surface area contributed by atoms with Crippen LogP contribution < -0.4 is 0 Å². The second kappa shape index (κ2) is 13.2. The molecule has 1 unspecified atom stereocenters. The number of hydrogen-bond acceptors (Lipinski definition) is 4. The van der Waals surface area contributed by atoms with Gasteiger partial charge in [0.2, 0.25) is 12.2 Å². The number of carbonyl (C=O) groups excluding carboxylic acids is 2. The van der Waals surface area contributed by atoms with E-state index >= 15 is 0 Å². The van der Waals surface area contributed by atoms with Gasteiger partial charge in [-0.2, -0.15) is 9.98 Å². The monoisotopic (exact) mass is 266 g/mol. The lowest BCUT2D eigenvalue weighted by Crippen LogP contribution is -2.12. The first-order valence-electron chi connectivity index (χ1n) is 7.40. The van der Waals surface area contributed by atoms with Crippen molar-refractivity contribution in [2.45, 2.75) is 77.8 Å². The Morgan fingerprint density at radius 1 is 0.842 bits per heavy atom. The van der Waals surface area contributed by atoms with E-state index in [0.29, 0.717) is 0 Å². The third kappa shape index (κ3) is 10.4. The summed E-state index contributed by atoms with van der Waals surface area (Å²) in [7, 11) is 0. The highest BCUT2D eigenvalue weighted by Gasteiger charge is 2.14. The van der Waals surface area contributed by atoms with Crippen molar-refractivity contribution in [3.63, 3.8) is 0 Å². The maximum Gasteiger partial charge on any atom is 0.237 e. The molecule has 4 heteroatoms. The Morgan fingerprint density at radius 2 is 1.32 bits per heavy atom. The molecule has 108 valence electrons. The average molecular weight is 266 g/mol. The molecule has 19 heavy (non-hydrogen) atoms. The predicted molar refractivity (Wildman–Crippen MR) is 76.4 cm³/mol. The van der Waals surface area contributed by atoms with E-state index in [1.807, 2.05) is 6.92 Å². The van der Waals surface area contributed by atoms with Crippen LogP contribution in [0.25, 0.3) is 0 Å². The maximum atomic E-state index is 10.2. The number of nitrogens with zero attached hydrogens (tertiary/aromatic N) is 2. The molecule has 0 N–H and O–H groups in total. The fraction of sp³-hybridized carbons (Fsp3) is 0.867. The molecule has 0 aromatic carbocycles. The van der Waals surface area contributed by atoms with Crippen molar-refractivity contribution >= 4 is 12.2 Å². The van der Waals surface area contributed by atoms with Crippen molar-refractivity contribution in [3.05, 3.63) is 0 Å². The molecule has 0 rings (SSSR count). The first-order chi connectivity index (χ1) is 9.26. The quantitative estimate of drug-likeness (QED) is 0.302. The molecular weight excluding hydrogens is 240 g/mol. The third-order valence-electron chi connectivity index (χ3n) is 3.39. The van der Waals surface area contributed by atoms with Gasteiger partial charge in [0.1, 0.15) is 0 Å². The van der Waals surface area contributed by atoms with Gasteiger partial charge in [-0.15, -0.1) is 0 Å². The van der Waals surface area contributed by atoms with Crippen molar-refractivity contribution < 1.29 is 9.59 Å². The Kier molecular flexibility index (Phi) is 12.3. The van der Waals surface area contributed by atoms with Crippen LogP contribution in [0.1, 0.15) is 71.6 Å². The Morgan fingerprint density at radius 3 is 1.79 bits per heavy atom. The molecule has 0 aliphatic carbocycles. The van der Waals surface area contributed by atoms with Crippen molar-refractivity contribution in [1.82, 2.24) is 0 Å². The van der Waals surface area contributed by atoms with Gasteiger partial charge in [0.25, 0.3) is 0 Å². The number of hydrogen-bond donors (Lipinski definition) is 0. The lowest BCUT2D eigenvalue weighted by molar-refractivity contribution is 0.410. The van der Waals surface area contributed by atoms with Crippen LogP contribution >= 0.6 is 0 Å². The molecule has 0 spiro atoms.